The standard InChI is InChI=1S/C14H19N3O2/c1-10-13(11(2)17(3)16-10)6-7-15-14(18)9-12-5-4-8-19-12/h4-5,8H,6-7,9H2,1-3H3,(H,15,18). The van der Waals surface area contributed by atoms with E-state index in [-0.39, 0.29) is 12.3 Å². The zero-order valence-electron chi connectivity index (χ0n) is 11.6. The van der Waals surface area contributed by atoms with Gasteiger partial charge in [-0.3, -0.25) is 9.48 Å². The van der Waals surface area contributed by atoms with Gasteiger partial charge in [-0.15, -0.1) is 0 Å². The van der Waals surface area contributed by atoms with Gasteiger partial charge in [0.2, 0.25) is 5.91 Å². The molecule has 0 spiro atoms. The Morgan fingerprint density at radius 2 is 2.26 bits per heavy atom. The SMILES string of the molecule is Cc1nn(C)c(C)c1CCNC(=O)Cc1ccco1. The fraction of sp³-hybridized carbons (Fsp3) is 0.429. The lowest BCUT2D eigenvalue weighted by Gasteiger charge is -2.05. The van der Waals surface area contributed by atoms with Crippen LogP contribution in [0.25, 0.3) is 0 Å². The Morgan fingerprint density at radius 3 is 2.84 bits per heavy atom. The van der Waals surface area contributed by atoms with Gasteiger partial charge in [-0.2, -0.15) is 5.10 Å². The predicted octanol–water partition coefficient (Wildman–Crippen LogP) is 1.53. The van der Waals surface area contributed by atoms with Crippen LogP contribution >= 0.6 is 0 Å². The van der Waals surface area contributed by atoms with E-state index in [2.05, 4.69) is 10.4 Å². The van der Waals surface area contributed by atoms with Crippen LogP contribution in [-0.4, -0.2) is 22.2 Å². The average molecular weight is 261 g/mol. The number of hydrogen-bond acceptors (Lipinski definition) is 3. The zero-order valence-corrected chi connectivity index (χ0v) is 11.6. The monoisotopic (exact) mass is 261 g/mol. The molecule has 0 aliphatic carbocycles. The van der Waals surface area contributed by atoms with Crippen molar-refractivity contribution in [1.29, 1.82) is 0 Å². The molecule has 1 N–H and O–H groups in total. The summed E-state index contributed by atoms with van der Waals surface area (Å²) in [4.78, 5) is 11.7. The summed E-state index contributed by atoms with van der Waals surface area (Å²) in [5.74, 6) is 0.667. The van der Waals surface area contributed by atoms with Gasteiger partial charge in [0.15, 0.2) is 0 Å². The highest BCUT2D eigenvalue weighted by Gasteiger charge is 2.10. The van der Waals surface area contributed by atoms with Gasteiger partial charge in [0, 0.05) is 19.3 Å². The molecule has 0 bridgehead atoms. The predicted molar refractivity (Wildman–Crippen MR) is 71.8 cm³/mol. The Hall–Kier alpha value is -2.04. The van der Waals surface area contributed by atoms with E-state index in [1.807, 2.05) is 25.6 Å². The summed E-state index contributed by atoms with van der Waals surface area (Å²) in [5, 5.41) is 7.26. The van der Waals surface area contributed by atoms with Gasteiger partial charge in [-0.1, -0.05) is 0 Å². The van der Waals surface area contributed by atoms with Gasteiger partial charge >= 0.3 is 0 Å². The maximum absolute atomic E-state index is 11.7. The molecule has 0 atom stereocenters. The Kier molecular flexibility index (Phi) is 4.04. The van der Waals surface area contributed by atoms with E-state index in [1.54, 1.807) is 18.4 Å². The molecule has 0 aliphatic heterocycles. The van der Waals surface area contributed by atoms with Crippen LogP contribution in [0.5, 0.6) is 0 Å². The summed E-state index contributed by atoms with van der Waals surface area (Å²) >= 11 is 0. The third-order valence-electron chi connectivity index (χ3n) is 3.27. The smallest absolute Gasteiger partial charge is 0.227 e. The molecule has 0 unspecified atom stereocenters. The largest absolute Gasteiger partial charge is 0.469 e. The molecule has 2 rings (SSSR count). The Bertz CT molecular complexity index is 556. The van der Waals surface area contributed by atoms with E-state index in [0.29, 0.717) is 12.3 Å². The summed E-state index contributed by atoms with van der Waals surface area (Å²) < 4.78 is 7.01. The molecule has 5 heteroatoms. The van der Waals surface area contributed by atoms with Crippen LogP contribution in [0.4, 0.5) is 0 Å². The topological polar surface area (TPSA) is 60.1 Å². The van der Waals surface area contributed by atoms with Crippen LogP contribution in [-0.2, 0) is 24.7 Å². The molecule has 0 aliphatic rings. The summed E-state index contributed by atoms with van der Waals surface area (Å²) in [6, 6.07) is 3.58. The van der Waals surface area contributed by atoms with Crippen molar-refractivity contribution in [3.05, 3.63) is 41.1 Å². The van der Waals surface area contributed by atoms with Crippen molar-refractivity contribution < 1.29 is 9.21 Å². The first kappa shape index (κ1) is 13.4. The highest BCUT2D eigenvalue weighted by molar-refractivity contribution is 5.77. The van der Waals surface area contributed by atoms with Gasteiger partial charge in [0.05, 0.1) is 18.4 Å². The molecule has 0 fully saturated rings. The molecule has 5 nitrogen and oxygen atoms in total. The van der Waals surface area contributed by atoms with Crippen molar-refractivity contribution in [2.24, 2.45) is 7.05 Å². The van der Waals surface area contributed by atoms with Crippen LogP contribution in [0.1, 0.15) is 22.7 Å². The average Bonchev–Trinajstić information content (AvgIpc) is 2.93. The summed E-state index contributed by atoms with van der Waals surface area (Å²) in [6.07, 6.45) is 2.67. The number of furan rings is 1. The van der Waals surface area contributed by atoms with Crippen LogP contribution in [0.2, 0.25) is 0 Å². The highest BCUT2D eigenvalue weighted by Crippen LogP contribution is 2.11. The van der Waals surface area contributed by atoms with E-state index in [0.717, 1.165) is 17.8 Å². The molecular formula is C14H19N3O2. The molecule has 0 radical (unpaired) electrons. The van der Waals surface area contributed by atoms with E-state index >= 15 is 0 Å². The molecule has 0 saturated heterocycles. The van der Waals surface area contributed by atoms with Crippen LogP contribution in [0, 0.1) is 13.8 Å². The first-order chi connectivity index (χ1) is 9.08. The van der Waals surface area contributed by atoms with E-state index < -0.39 is 0 Å². The maximum atomic E-state index is 11.7. The number of nitrogens with one attached hydrogen (secondary N) is 1. The van der Waals surface area contributed by atoms with Gasteiger partial charge in [-0.05, 0) is 38.0 Å². The number of rotatable bonds is 5. The molecule has 102 valence electrons. The second-order valence-corrected chi connectivity index (χ2v) is 4.63. The lowest BCUT2D eigenvalue weighted by atomic mass is 10.1. The lowest BCUT2D eigenvalue weighted by Crippen LogP contribution is -2.27. The zero-order chi connectivity index (χ0) is 13.8. The van der Waals surface area contributed by atoms with Crippen molar-refractivity contribution in [2.75, 3.05) is 6.54 Å². The van der Waals surface area contributed by atoms with Gasteiger partial charge in [0.1, 0.15) is 5.76 Å². The number of nitrogens with zero attached hydrogens (tertiary/aromatic N) is 2. The Balaban J connectivity index is 1.81. The minimum Gasteiger partial charge on any atom is -0.469 e. The normalized spacial score (nSPS) is 10.7. The number of aryl methyl sites for hydroxylation is 2. The van der Waals surface area contributed by atoms with Crippen LogP contribution in [0.3, 0.4) is 0 Å². The number of amides is 1. The molecule has 1 amide bonds. The third kappa shape index (κ3) is 3.24. The number of carbonyl (C=O) groups is 1. The maximum Gasteiger partial charge on any atom is 0.227 e. The van der Waals surface area contributed by atoms with E-state index in [4.69, 9.17) is 4.42 Å². The second-order valence-electron chi connectivity index (χ2n) is 4.63. The number of aromatic nitrogens is 2. The minimum atomic E-state index is -0.0193. The quantitative estimate of drug-likeness (QED) is 0.888. The van der Waals surface area contributed by atoms with Crippen LogP contribution in [0.15, 0.2) is 22.8 Å². The summed E-state index contributed by atoms with van der Waals surface area (Å²) in [5.41, 5.74) is 3.39. The van der Waals surface area contributed by atoms with Crippen LogP contribution < -0.4 is 5.32 Å². The van der Waals surface area contributed by atoms with Crippen molar-refractivity contribution in [2.45, 2.75) is 26.7 Å². The highest BCUT2D eigenvalue weighted by atomic mass is 16.3. The minimum absolute atomic E-state index is 0.0193. The lowest BCUT2D eigenvalue weighted by molar-refractivity contribution is -0.120. The molecule has 0 aromatic carbocycles. The van der Waals surface area contributed by atoms with Crippen molar-refractivity contribution in [3.63, 3.8) is 0 Å². The van der Waals surface area contributed by atoms with Crippen molar-refractivity contribution in [3.8, 4) is 0 Å². The second kappa shape index (κ2) is 5.73. The number of carbonyl (C=O) groups excluding carboxylic acids is 1. The Morgan fingerprint density at radius 1 is 1.47 bits per heavy atom. The van der Waals surface area contributed by atoms with Gasteiger partial charge in [0.25, 0.3) is 0 Å². The molecule has 2 aromatic rings. The number of hydrogen-bond donors (Lipinski definition) is 1. The van der Waals surface area contributed by atoms with Crippen molar-refractivity contribution in [1.82, 2.24) is 15.1 Å². The third-order valence-corrected chi connectivity index (χ3v) is 3.27. The fourth-order valence-corrected chi connectivity index (χ4v) is 2.14. The molecule has 19 heavy (non-hydrogen) atoms. The first-order valence-corrected chi connectivity index (χ1v) is 6.36. The van der Waals surface area contributed by atoms with Crippen molar-refractivity contribution >= 4 is 5.91 Å². The summed E-state index contributed by atoms with van der Waals surface area (Å²) in [7, 11) is 1.93. The molecule has 0 saturated carbocycles. The fourth-order valence-electron chi connectivity index (χ4n) is 2.14. The van der Waals surface area contributed by atoms with E-state index in [1.165, 1.54) is 5.56 Å². The Labute approximate surface area is 112 Å². The van der Waals surface area contributed by atoms with Gasteiger partial charge in [-0.25, -0.2) is 0 Å². The first-order valence-electron chi connectivity index (χ1n) is 6.36. The summed E-state index contributed by atoms with van der Waals surface area (Å²) in [6.45, 7) is 4.65. The van der Waals surface area contributed by atoms with E-state index in [9.17, 15) is 4.79 Å². The van der Waals surface area contributed by atoms with Gasteiger partial charge < -0.3 is 9.73 Å². The molecular weight excluding hydrogens is 242 g/mol. The molecule has 2 aromatic heterocycles. The molecule has 2 heterocycles.